The van der Waals surface area contributed by atoms with Crippen LogP contribution in [0.5, 0.6) is 0 Å². The van der Waals surface area contributed by atoms with Gasteiger partial charge in [0.2, 0.25) is 5.91 Å². The number of guanidine groups is 1. The van der Waals surface area contributed by atoms with Gasteiger partial charge >= 0.3 is 0 Å². The number of nitrogens with zero attached hydrogens (tertiary/aromatic N) is 2. The second kappa shape index (κ2) is 10.9. The molecule has 0 spiro atoms. The summed E-state index contributed by atoms with van der Waals surface area (Å²) in [6.07, 6.45) is 0.430. The fraction of sp³-hybridized carbons (Fsp3) is 0.333. The summed E-state index contributed by atoms with van der Waals surface area (Å²) >= 11 is 0. The average Bonchev–Trinajstić information content (AvgIpc) is 2.67. The van der Waals surface area contributed by atoms with Crippen LogP contribution < -0.4 is 10.6 Å². The predicted molar refractivity (Wildman–Crippen MR) is 107 cm³/mol. The van der Waals surface area contributed by atoms with E-state index in [1.165, 1.54) is 0 Å². The third-order valence-electron chi connectivity index (χ3n) is 3.93. The third kappa shape index (κ3) is 6.97. The monoisotopic (exact) mass is 352 g/mol. The highest BCUT2D eigenvalue weighted by atomic mass is 16.2. The van der Waals surface area contributed by atoms with Crippen LogP contribution in [-0.4, -0.2) is 36.9 Å². The molecule has 0 atom stereocenters. The second-order valence-corrected chi connectivity index (χ2v) is 6.09. The van der Waals surface area contributed by atoms with Gasteiger partial charge in [0.05, 0.1) is 6.54 Å². The Morgan fingerprint density at radius 2 is 1.58 bits per heavy atom. The zero-order valence-electron chi connectivity index (χ0n) is 15.6. The van der Waals surface area contributed by atoms with Crippen molar-refractivity contribution in [1.82, 2.24) is 15.5 Å². The number of hydrogen-bond acceptors (Lipinski definition) is 2. The molecule has 138 valence electrons. The van der Waals surface area contributed by atoms with Crippen LogP contribution in [0.25, 0.3) is 0 Å². The van der Waals surface area contributed by atoms with Gasteiger partial charge in [0.1, 0.15) is 0 Å². The first-order valence-corrected chi connectivity index (χ1v) is 9.03. The van der Waals surface area contributed by atoms with Crippen molar-refractivity contribution in [1.29, 1.82) is 0 Å². The molecule has 2 N–H and O–H groups in total. The third-order valence-corrected chi connectivity index (χ3v) is 3.93. The Labute approximate surface area is 156 Å². The molecule has 2 aromatic carbocycles. The highest BCUT2D eigenvalue weighted by molar-refractivity contribution is 5.81. The highest BCUT2D eigenvalue weighted by Crippen LogP contribution is 2.04. The fourth-order valence-electron chi connectivity index (χ4n) is 2.52. The summed E-state index contributed by atoms with van der Waals surface area (Å²) in [4.78, 5) is 18.6. The molecule has 0 heterocycles. The van der Waals surface area contributed by atoms with Gasteiger partial charge in [-0.15, -0.1) is 0 Å². The van der Waals surface area contributed by atoms with Crippen molar-refractivity contribution >= 4 is 11.9 Å². The van der Waals surface area contributed by atoms with Gasteiger partial charge < -0.3 is 15.5 Å². The van der Waals surface area contributed by atoms with Crippen LogP contribution in [0, 0.1) is 0 Å². The highest BCUT2D eigenvalue weighted by Gasteiger charge is 2.09. The number of rotatable bonds is 8. The summed E-state index contributed by atoms with van der Waals surface area (Å²) in [5, 5.41) is 6.44. The van der Waals surface area contributed by atoms with E-state index < -0.39 is 0 Å². The molecule has 0 saturated heterocycles. The lowest BCUT2D eigenvalue weighted by Crippen LogP contribution is -2.39. The zero-order valence-corrected chi connectivity index (χ0v) is 15.6. The van der Waals surface area contributed by atoms with E-state index in [-0.39, 0.29) is 5.91 Å². The van der Waals surface area contributed by atoms with Crippen molar-refractivity contribution in [3.05, 3.63) is 71.8 Å². The van der Waals surface area contributed by atoms with Gasteiger partial charge in [-0.1, -0.05) is 60.7 Å². The molecule has 2 rings (SSSR count). The van der Waals surface area contributed by atoms with Crippen molar-refractivity contribution in [3.8, 4) is 0 Å². The fourth-order valence-corrected chi connectivity index (χ4v) is 2.52. The quantitative estimate of drug-likeness (QED) is 0.567. The summed E-state index contributed by atoms with van der Waals surface area (Å²) in [6.45, 7) is 4.60. The summed E-state index contributed by atoms with van der Waals surface area (Å²) in [5.74, 6) is 0.843. The molecule has 2 aromatic rings. The molecule has 0 bridgehead atoms. The van der Waals surface area contributed by atoms with E-state index >= 15 is 0 Å². The number of carbonyl (C=O) groups is 1. The van der Waals surface area contributed by atoms with Gasteiger partial charge in [-0.3, -0.25) is 4.79 Å². The van der Waals surface area contributed by atoms with Gasteiger partial charge in [-0.2, -0.15) is 0 Å². The zero-order chi connectivity index (χ0) is 18.6. The summed E-state index contributed by atoms with van der Waals surface area (Å²) in [5.41, 5.74) is 2.29. The predicted octanol–water partition coefficient (Wildman–Crippen LogP) is 2.79. The normalized spacial score (nSPS) is 11.1. The van der Waals surface area contributed by atoms with Gasteiger partial charge in [-0.25, -0.2) is 4.99 Å². The maximum atomic E-state index is 12.3. The average molecular weight is 352 g/mol. The molecule has 0 aliphatic heterocycles. The number of hydrogen-bond donors (Lipinski definition) is 2. The Hall–Kier alpha value is -2.82. The van der Waals surface area contributed by atoms with E-state index in [2.05, 4.69) is 27.8 Å². The molecule has 26 heavy (non-hydrogen) atoms. The van der Waals surface area contributed by atoms with Crippen LogP contribution >= 0.6 is 0 Å². The Morgan fingerprint density at radius 3 is 2.19 bits per heavy atom. The van der Waals surface area contributed by atoms with Gasteiger partial charge in [0.15, 0.2) is 5.96 Å². The molecular weight excluding hydrogens is 324 g/mol. The number of nitrogens with one attached hydrogen (secondary N) is 2. The number of carbonyl (C=O) groups excluding carboxylic acids is 1. The van der Waals surface area contributed by atoms with E-state index in [0.717, 1.165) is 23.6 Å². The SMILES string of the molecule is CCNC(=NCc1ccccc1)NCCC(=O)N(C)Cc1ccccc1. The smallest absolute Gasteiger partial charge is 0.224 e. The Morgan fingerprint density at radius 1 is 0.962 bits per heavy atom. The van der Waals surface area contributed by atoms with Crippen molar-refractivity contribution in [2.45, 2.75) is 26.4 Å². The van der Waals surface area contributed by atoms with Gasteiger partial charge in [0, 0.05) is 33.1 Å². The molecule has 0 aliphatic carbocycles. The van der Waals surface area contributed by atoms with E-state index in [4.69, 9.17) is 0 Å². The lowest BCUT2D eigenvalue weighted by Gasteiger charge is -2.18. The molecule has 0 unspecified atom stereocenters. The van der Waals surface area contributed by atoms with E-state index in [9.17, 15) is 4.79 Å². The van der Waals surface area contributed by atoms with E-state index in [1.807, 2.05) is 62.5 Å². The first kappa shape index (κ1) is 19.5. The Kier molecular flexibility index (Phi) is 8.19. The number of amides is 1. The number of aliphatic imine (C=N–C) groups is 1. The van der Waals surface area contributed by atoms with E-state index in [1.54, 1.807) is 4.90 Å². The lowest BCUT2D eigenvalue weighted by molar-refractivity contribution is -0.130. The first-order valence-electron chi connectivity index (χ1n) is 9.03. The van der Waals surface area contributed by atoms with Crippen LogP contribution in [0.1, 0.15) is 24.5 Å². The molecule has 0 fully saturated rings. The summed E-state index contributed by atoms with van der Waals surface area (Å²) < 4.78 is 0. The minimum atomic E-state index is 0.111. The Bertz CT molecular complexity index is 686. The molecule has 0 aliphatic rings. The molecule has 1 amide bonds. The maximum Gasteiger partial charge on any atom is 0.224 e. The largest absolute Gasteiger partial charge is 0.357 e. The van der Waals surface area contributed by atoms with Crippen LogP contribution in [0.15, 0.2) is 65.7 Å². The van der Waals surface area contributed by atoms with E-state index in [0.29, 0.717) is 26.1 Å². The van der Waals surface area contributed by atoms with Crippen molar-refractivity contribution < 1.29 is 4.79 Å². The standard InChI is InChI=1S/C21H28N4O/c1-3-22-21(24-16-18-10-6-4-7-11-18)23-15-14-20(26)25(2)17-19-12-8-5-9-13-19/h4-13H,3,14-17H2,1-2H3,(H2,22,23,24). The first-order chi connectivity index (χ1) is 12.7. The molecule has 0 aromatic heterocycles. The minimum absolute atomic E-state index is 0.111. The number of benzene rings is 2. The second-order valence-electron chi connectivity index (χ2n) is 6.09. The summed E-state index contributed by atoms with van der Waals surface area (Å²) in [6, 6.07) is 20.1. The van der Waals surface area contributed by atoms with Crippen molar-refractivity contribution in [2.24, 2.45) is 4.99 Å². The lowest BCUT2D eigenvalue weighted by atomic mass is 10.2. The topological polar surface area (TPSA) is 56.7 Å². The van der Waals surface area contributed by atoms with Gasteiger partial charge in [-0.05, 0) is 18.1 Å². The van der Waals surface area contributed by atoms with Crippen molar-refractivity contribution in [2.75, 3.05) is 20.1 Å². The van der Waals surface area contributed by atoms with Crippen LogP contribution in [0.3, 0.4) is 0 Å². The molecular formula is C21H28N4O. The molecule has 5 nitrogen and oxygen atoms in total. The minimum Gasteiger partial charge on any atom is -0.357 e. The van der Waals surface area contributed by atoms with Gasteiger partial charge in [0.25, 0.3) is 0 Å². The van der Waals surface area contributed by atoms with Crippen LogP contribution in [0.2, 0.25) is 0 Å². The molecule has 0 radical (unpaired) electrons. The van der Waals surface area contributed by atoms with Crippen LogP contribution in [-0.2, 0) is 17.9 Å². The maximum absolute atomic E-state index is 12.3. The molecule has 5 heteroatoms. The van der Waals surface area contributed by atoms with Crippen molar-refractivity contribution in [3.63, 3.8) is 0 Å². The summed E-state index contributed by atoms with van der Waals surface area (Å²) in [7, 11) is 1.84. The Balaban J connectivity index is 1.78. The molecule has 0 saturated carbocycles. The van der Waals surface area contributed by atoms with Crippen LogP contribution in [0.4, 0.5) is 0 Å².